The van der Waals surface area contributed by atoms with Gasteiger partial charge in [0.05, 0.1) is 43.0 Å². The number of thiophene rings is 1. The summed E-state index contributed by atoms with van der Waals surface area (Å²) < 4.78 is 17.6. The minimum absolute atomic E-state index is 1.26. The van der Waals surface area contributed by atoms with Crippen LogP contribution >= 0.6 is 34.0 Å². The average molecular weight is 1260 g/mol. The maximum absolute atomic E-state index is 4.58. The summed E-state index contributed by atoms with van der Waals surface area (Å²) in [4.78, 5) is 38.6. The lowest BCUT2D eigenvalue weighted by atomic mass is 10.5. The van der Waals surface area contributed by atoms with E-state index in [4.69, 9.17) is 0 Å². The summed E-state index contributed by atoms with van der Waals surface area (Å²) in [5, 5.41) is 63.6. The van der Waals surface area contributed by atoms with E-state index in [2.05, 4.69) is 165 Å². The van der Waals surface area contributed by atoms with Gasteiger partial charge in [-0.05, 0) is 77.5 Å². The highest BCUT2D eigenvalue weighted by molar-refractivity contribution is 7.08. The Kier molecular flexibility index (Phi) is 59.4. The van der Waals surface area contributed by atoms with Crippen molar-refractivity contribution in [2.24, 2.45) is 0 Å². The molecule has 458 valence electrons. The van der Waals surface area contributed by atoms with Crippen LogP contribution in [0.5, 0.6) is 0 Å². The first-order chi connectivity index (χ1) is 44.5. The van der Waals surface area contributed by atoms with Crippen molar-refractivity contribution in [2.45, 2.75) is 0 Å². The van der Waals surface area contributed by atoms with Crippen LogP contribution in [0.3, 0.4) is 0 Å². The molecule has 0 aromatic carbocycles. The lowest BCUT2D eigenvalue weighted by Gasteiger charge is -1.70. The summed E-state index contributed by atoms with van der Waals surface area (Å²) in [6.45, 7) is 0. The second-order valence-electron chi connectivity index (χ2n) is 12.8. The molecule has 0 aliphatic rings. The van der Waals surface area contributed by atoms with Crippen LogP contribution in [-0.4, -0.2) is 147 Å². The molecule has 0 bridgehead atoms. The number of H-pyrrole nitrogens is 6. The molecule has 0 spiro atoms. The standard InChI is InChI=1S/2C5H5N.2C4H4N2.C4H5N.C4H4O.C4H4S.2C3H4N2.C3H3NO.C3H3NS.2C2H3N3.2C2H2N2O.C2H2N2S.CH2N4/c2*1-2-4-6-5-3-1;1-2-6-4-3-5-1;1-2-4-6-5-3-1;3*1-2-4-5-3-1;1-2-5-3-4-1;1-2-4-5-3-1;2*1-2-5-3-4-1;1-3-2-5-4-1;1-2-4-5-3-1;1-3-4-2-5-1;1-3-2-5-4-1;1-3-4-2-5-1;1-2-4-5-3-1/h2*1-5H;2*1-4H;1-5H;2*1-4H;2*1-3H,(H,4,5);2*1-3H;2*1-2H,(H,3,4,5);3*1-2H;1H,(H,2,3,4,5). The normalized spacial score (nSPS) is 8.00. The van der Waals surface area contributed by atoms with Crippen molar-refractivity contribution in [3.05, 3.63) is 324 Å². The van der Waals surface area contributed by atoms with Crippen LogP contribution < -0.4 is 0 Å². The number of hydrogen-bond acceptors (Lipinski definition) is 30. The van der Waals surface area contributed by atoms with Crippen molar-refractivity contribution in [3.8, 4) is 0 Å². The van der Waals surface area contributed by atoms with Crippen molar-refractivity contribution in [1.82, 2.24) is 147 Å². The van der Waals surface area contributed by atoms with Crippen molar-refractivity contribution >= 4 is 34.0 Å². The quantitative estimate of drug-likeness (QED) is 0.0823. The van der Waals surface area contributed by atoms with Crippen LogP contribution in [0, 0.1) is 0 Å². The van der Waals surface area contributed by atoms with E-state index in [-0.39, 0.29) is 0 Å². The van der Waals surface area contributed by atoms with Gasteiger partial charge in [-0.3, -0.25) is 35.1 Å². The third-order valence-electron chi connectivity index (χ3n) is 6.73. The summed E-state index contributed by atoms with van der Waals surface area (Å²) in [7, 11) is 0. The van der Waals surface area contributed by atoms with Gasteiger partial charge in [-0.15, -0.1) is 53.3 Å². The van der Waals surface area contributed by atoms with Gasteiger partial charge in [0.25, 0.3) is 0 Å². The van der Waals surface area contributed by atoms with Crippen LogP contribution in [0.4, 0.5) is 0 Å². The number of rotatable bonds is 0. The van der Waals surface area contributed by atoms with E-state index in [9.17, 15) is 0 Å². The SMILES string of the molecule is c1c[nH]cn1.c1cc[nH]c1.c1ccncc1.c1ccncc1.c1ccnnc1.c1ccoc1.c1ccsc1.c1cn[nH]c1.c1cn[nH]n1.c1cnccn1.c1cocn1.c1cscn1.c1nc[nH]n1.c1ncon1.c1nn[nH]n1.c1nnco1.c1nncs1. The number of hydrogen-bond donors (Lipinski definition) is 6. The van der Waals surface area contributed by atoms with Crippen molar-refractivity contribution < 1.29 is 17.8 Å². The van der Waals surface area contributed by atoms with Crippen LogP contribution in [0.15, 0.2) is 341 Å². The third kappa shape index (κ3) is 69.4. The molecule has 0 amide bonds. The topological polar surface area (TPSA) is 444 Å². The molecule has 0 aliphatic heterocycles. The number of aromatic amines is 6. The molecule has 36 heteroatoms. The zero-order chi connectivity index (χ0) is 62.9. The first-order valence-electron chi connectivity index (χ1n) is 24.5. The number of furan rings is 1. The Hall–Kier alpha value is -12.8. The molecule has 89 heavy (non-hydrogen) atoms. The molecule has 0 radical (unpaired) electrons. The number of thiazole rings is 1. The molecule has 0 fully saturated rings. The lowest BCUT2D eigenvalue weighted by Crippen LogP contribution is -1.69. The van der Waals surface area contributed by atoms with E-state index in [0.717, 1.165) is 0 Å². The molecule has 0 unspecified atom stereocenters. The Morgan fingerprint density at radius 3 is 1.13 bits per heavy atom. The smallest absolute Gasteiger partial charge is 0.213 e. The fourth-order valence-corrected chi connectivity index (χ4v) is 4.59. The van der Waals surface area contributed by atoms with Crippen LogP contribution in [0.2, 0.25) is 0 Å². The van der Waals surface area contributed by atoms with E-state index in [1.807, 2.05) is 120 Å². The van der Waals surface area contributed by atoms with Crippen molar-refractivity contribution in [1.29, 1.82) is 0 Å². The van der Waals surface area contributed by atoms with Crippen LogP contribution in [-0.2, 0) is 0 Å². The highest BCUT2D eigenvalue weighted by atomic mass is 32.1. The average Bonchev–Trinajstić information content (AvgIpc) is 4.44. The number of oxazole rings is 1. The number of imidazole rings is 1. The van der Waals surface area contributed by atoms with E-state index < -0.39 is 0 Å². The van der Waals surface area contributed by atoms with Gasteiger partial charge in [0.15, 0.2) is 19.0 Å². The largest absolute Gasteiger partial charge is 0.473 e. The molecule has 0 saturated heterocycles. The molecule has 17 rings (SSSR count). The number of aromatic nitrogens is 29. The van der Waals surface area contributed by atoms with Gasteiger partial charge >= 0.3 is 0 Å². The second-order valence-corrected chi connectivity index (χ2v) is 15.1. The first-order valence-corrected chi connectivity index (χ1v) is 27.3. The molecule has 17 heterocycles. The van der Waals surface area contributed by atoms with Gasteiger partial charge in [0, 0.05) is 111 Å². The van der Waals surface area contributed by atoms with Gasteiger partial charge in [-0.1, -0.05) is 34.6 Å². The lowest BCUT2D eigenvalue weighted by molar-refractivity contribution is 0.416. The molecule has 6 N–H and O–H groups in total. The number of tetrazole rings is 1. The summed E-state index contributed by atoms with van der Waals surface area (Å²) in [6, 6.07) is 28.5. The summed E-state index contributed by atoms with van der Waals surface area (Å²) in [5.74, 6) is 0. The van der Waals surface area contributed by atoms with Gasteiger partial charge in [-0.25, -0.2) is 19.9 Å². The predicted molar refractivity (Wildman–Crippen MR) is 328 cm³/mol. The molecule has 33 nitrogen and oxygen atoms in total. The van der Waals surface area contributed by atoms with Gasteiger partial charge in [0.1, 0.15) is 29.9 Å². The van der Waals surface area contributed by atoms with E-state index in [1.54, 1.807) is 170 Å². The van der Waals surface area contributed by atoms with E-state index in [1.165, 1.54) is 68.5 Å². The number of nitrogens with zero attached hydrogens (tertiary/aromatic N) is 23. The van der Waals surface area contributed by atoms with E-state index >= 15 is 0 Å². The van der Waals surface area contributed by atoms with Crippen molar-refractivity contribution in [2.75, 3.05) is 0 Å². The van der Waals surface area contributed by atoms with Gasteiger partial charge < -0.3 is 27.7 Å². The Morgan fingerprint density at radius 2 is 0.955 bits per heavy atom. The third-order valence-corrected chi connectivity index (χ3v) is 8.31. The molecule has 0 aliphatic carbocycles. The first kappa shape index (κ1) is 74.2. The van der Waals surface area contributed by atoms with Gasteiger partial charge in [0.2, 0.25) is 19.2 Å². The highest BCUT2D eigenvalue weighted by Crippen LogP contribution is 1.91. The molecule has 0 saturated carbocycles. The zero-order valence-corrected chi connectivity index (χ0v) is 49.2. The number of pyridine rings is 2. The summed E-state index contributed by atoms with van der Waals surface area (Å²) in [6.07, 6.45) is 51.2. The Labute approximate surface area is 519 Å². The molecule has 17 aromatic rings. The van der Waals surface area contributed by atoms with E-state index in [0.29, 0.717) is 0 Å². The monoisotopic (exact) mass is 1260 g/mol. The molecule has 17 aromatic heterocycles. The maximum atomic E-state index is 4.58. The predicted octanol–water partition coefficient (Wildman–Crippen LogP) is 9.28. The molecule has 0 atom stereocenters. The Bertz CT molecular complexity index is 2290. The minimum atomic E-state index is 1.26. The fourth-order valence-electron chi connectivity index (χ4n) is 3.52. The fraction of sp³-hybridized carbons (Fsp3) is 0. The zero-order valence-electron chi connectivity index (χ0n) is 46.7. The van der Waals surface area contributed by atoms with Crippen LogP contribution in [0.1, 0.15) is 0 Å². The van der Waals surface area contributed by atoms with Crippen LogP contribution in [0.25, 0.3) is 0 Å². The minimum Gasteiger partial charge on any atom is -0.473 e. The number of nitrogens with one attached hydrogen (secondary N) is 6. The summed E-state index contributed by atoms with van der Waals surface area (Å²) >= 11 is 4.81. The van der Waals surface area contributed by atoms with Gasteiger partial charge in [-0.2, -0.15) is 52.4 Å². The second kappa shape index (κ2) is 71.3. The highest BCUT2D eigenvalue weighted by Gasteiger charge is 1.67. The van der Waals surface area contributed by atoms with Crippen molar-refractivity contribution in [3.63, 3.8) is 0 Å². The Morgan fingerprint density at radius 1 is 0.281 bits per heavy atom. The Balaban J connectivity index is 0.000000473. The molecular weight excluding hydrogens is 1200 g/mol. The summed E-state index contributed by atoms with van der Waals surface area (Å²) in [5.41, 5.74) is 5.15. The maximum Gasteiger partial charge on any atom is 0.213 e. The molecular formula is C53H59N29O4S3.